The molecule has 1 aromatic rings. The van der Waals surface area contributed by atoms with Crippen LogP contribution in [-0.2, 0) is 0 Å². The Morgan fingerprint density at radius 2 is 2.25 bits per heavy atom. The average molecular weight is 226 g/mol. The van der Waals surface area contributed by atoms with Crippen molar-refractivity contribution in [2.45, 2.75) is 0 Å². The number of anilines is 1. The number of halogens is 1. The van der Waals surface area contributed by atoms with Crippen molar-refractivity contribution in [1.29, 1.82) is 0 Å². The van der Waals surface area contributed by atoms with Gasteiger partial charge in [0.1, 0.15) is 5.75 Å². The number of phenolic OH excluding ortho intramolecular Hbond substituents is 1. The maximum atomic E-state index is 9.03. The molecule has 3 heteroatoms. The summed E-state index contributed by atoms with van der Waals surface area (Å²) >= 11 is 3.18. The first-order valence-corrected chi connectivity index (χ1v) is 4.49. The minimum Gasteiger partial charge on any atom is -0.508 e. The normalized spacial score (nSPS) is 8.75. The Kier molecular flexibility index (Phi) is 3.01. The number of hydrogen-bond donors (Lipinski definition) is 2. The molecule has 0 aliphatic rings. The standard InChI is InChI=1S/C9H8BrNO/c10-5-1-2-7-3-4-8(12)6-9(7)11/h3-4,6,12H,5,11H2. The van der Waals surface area contributed by atoms with Crippen LogP contribution in [0.5, 0.6) is 5.75 Å². The molecule has 0 unspecified atom stereocenters. The highest BCUT2D eigenvalue weighted by Gasteiger charge is 1.95. The third-order valence-electron chi connectivity index (χ3n) is 1.33. The molecule has 0 amide bonds. The van der Waals surface area contributed by atoms with Gasteiger partial charge in [-0.2, -0.15) is 0 Å². The predicted octanol–water partition coefficient (Wildman–Crippen LogP) is 1.72. The lowest BCUT2D eigenvalue weighted by Crippen LogP contribution is -1.88. The highest BCUT2D eigenvalue weighted by Crippen LogP contribution is 2.17. The molecule has 2 nitrogen and oxygen atoms in total. The van der Waals surface area contributed by atoms with E-state index in [0.29, 0.717) is 11.0 Å². The summed E-state index contributed by atoms with van der Waals surface area (Å²) in [5.74, 6) is 5.85. The molecule has 1 aromatic carbocycles. The van der Waals surface area contributed by atoms with Gasteiger partial charge in [0.15, 0.2) is 0 Å². The number of hydrogen-bond acceptors (Lipinski definition) is 2. The van der Waals surface area contributed by atoms with Crippen molar-refractivity contribution in [2.75, 3.05) is 11.1 Å². The molecule has 0 aliphatic carbocycles. The summed E-state index contributed by atoms with van der Waals surface area (Å²) in [6.07, 6.45) is 0. The fourth-order valence-corrected chi connectivity index (χ4v) is 0.933. The van der Waals surface area contributed by atoms with Crippen LogP contribution in [0.25, 0.3) is 0 Å². The van der Waals surface area contributed by atoms with Crippen molar-refractivity contribution in [2.24, 2.45) is 0 Å². The van der Waals surface area contributed by atoms with Gasteiger partial charge in [-0.1, -0.05) is 27.8 Å². The van der Waals surface area contributed by atoms with E-state index in [0.717, 1.165) is 5.56 Å². The van der Waals surface area contributed by atoms with E-state index in [-0.39, 0.29) is 5.75 Å². The van der Waals surface area contributed by atoms with E-state index in [2.05, 4.69) is 27.8 Å². The Bertz CT molecular complexity index is 338. The summed E-state index contributed by atoms with van der Waals surface area (Å²) < 4.78 is 0. The molecular formula is C9H8BrNO. The van der Waals surface area contributed by atoms with E-state index < -0.39 is 0 Å². The van der Waals surface area contributed by atoms with Gasteiger partial charge in [-0.15, -0.1) is 0 Å². The van der Waals surface area contributed by atoms with E-state index in [9.17, 15) is 0 Å². The summed E-state index contributed by atoms with van der Waals surface area (Å²) in [7, 11) is 0. The van der Waals surface area contributed by atoms with Crippen LogP contribution < -0.4 is 5.73 Å². The van der Waals surface area contributed by atoms with Crippen LogP contribution in [-0.4, -0.2) is 10.4 Å². The van der Waals surface area contributed by atoms with Crippen LogP contribution in [0.3, 0.4) is 0 Å². The van der Waals surface area contributed by atoms with E-state index in [1.807, 2.05) is 0 Å². The number of aromatic hydroxyl groups is 1. The highest BCUT2D eigenvalue weighted by atomic mass is 79.9. The third kappa shape index (κ3) is 2.18. The van der Waals surface area contributed by atoms with Crippen LogP contribution >= 0.6 is 15.9 Å². The zero-order valence-electron chi connectivity index (χ0n) is 6.34. The second-order valence-electron chi connectivity index (χ2n) is 2.21. The first kappa shape index (κ1) is 8.95. The van der Waals surface area contributed by atoms with E-state index >= 15 is 0 Å². The lowest BCUT2D eigenvalue weighted by Gasteiger charge is -1.97. The zero-order chi connectivity index (χ0) is 8.97. The fourth-order valence-electron chi connectivity index (χ4n) is 0.793. The van der Waals surface area contributed by atoms with Gasteiger partial charge in [0, 0.05) is 11.6 Å². The predicted molar refractivity (Wildman–Crippen MR) is 53.2 cm³/mol. The molecule has 0 atom stereocenters. The van der Waals surface area contributed by atoms with E-state index in [1.165, 1.54) is 6.07 Å². The summed E-state index contributed by atoms with van der Waals surface area (Å²) in [6.45, 7) is 0. The van der Waals surface area contributed by atoms with Gasteiger partial charge in [-0.25, -0.2) is 0 Å². The molecule has 0 saturated carbocycles. The molecule has 3 N–H and O–H groups in total. The second-order valence-corrected chi connectivity index (χ2v) is 2.77. The Morgan fingerprint density at radius 3 is 2.83 bits per heavy atom. The molecule has 0 aliphatic heterocycles. The maximum absolute atomic E-state index is 9.03. The smallest absolute Gasteiger partial charge is 0.117 e. The maximum Gasteiger partial charge on any atom is 0.117 e. The van der Waals surface area contributed by atoms with Crippen LogP contribution in [0.4, 0.5) is 5.69 Å². The van der Waals surface area contributed by atoms with Crippen molar-refractivity contribution < 1.29 is 5.11 Å². The fraction of sp³-hybridized carbons (Fsp3) is 0.111. The lowest BCUT2D eigenvalue weighted by molar-refractivity contribution is 0.475. The molecule has 1 rings (SSSR count). The topological polar surface area (TPSA) is 46.2 Å². The van der Waals surface area contributed by atoms with Gasteiger partial charge in [0.25, 0.3) is 0 Å². The molecule has 0 fully saturated rings. The Labute approximate surface area is 79.5 Å². The van der Waals surface area contributed by atoms with Crippen molar-refractivity contribution >= 4 is 21.6 Å². The minimum atomic E-state index is 0.164. The largest absolute Gasteiger partial charge is 0.508 e. The van der Waals surface area contributed by atoms with Crippen LogP contribution in [0.15, 0.2) is 18.2 Å². The molecule has 62 valence electrons. The first-order valence-electron chi connectivity index (χ1n) is 3.37. The molecular weight excluding hydrogens is 218 g/mol. The minimum absolute atomic E-state index is 0.164. The number of nitrogen functional groups attached to an aromatic ring is 1. The number of alkyl halides is 1. The first-order chi connectivity index (χ1) is 5.74. The van der Waals surface area contributed by atoms with Gasteiger partial charge in [-0.05, 0) is 12.1 Å². The highest BCUT2D eigenvalue weighted by molar-refractivity contribution is 9.09. The molecule has 0 radical (unpaired) electrons. The number of phenols is 1. The molecule has 12 heavy (non-hydrogen) atoms. The molecule has 0 saturated heterocycles. The quantitative estimate of drug-likeness (QED) is 0.402. The average Bonchev–Trinajstić information content (AvgIpc) is 2.03. The van der Waals surface area contributed by atoms with Gasteiger partial charge >= 0.3 is 0 Å². The van der Waals surface area contributed by atoms with E-state index in [4.69, 9.17) is 10.8 Å². The summed E-state index contributed by atoms with van der Waals surface area (Å²) in [6, 6.07) is 4.74. The zero-order valence-corrected chi connectivity index (χ0v) is 7.93. The Morgan fingerprint density at radius 1 is 1.50 bits per heavy atom. The molecule has 0 aromatic heterocycles. The van der Waals surface area contributed by atoms with Crippen molar-refractivity contribution in [3.63, 3.8) is 0 Å². The van der Waals surface area contributed by atoms with Crippen LogP contribution in [0.2, 0.25) is 0 Å². The Balaban J connectivity index is 3.01. The van der Waals surface area contributed by atoms with Crippen LogP contribution in [0.1, 0.15) is 5.56 Å². The number of benzene rings is 1. The van der Waals surface area contributed by atoms with Crippen molar-refractivity contribution in [3.05, 3.63) is 23.8 Å². The second kappa shape index (κ2) is 4.03. The third-order valence-corrected chi connectivity index (χ3v) is 1.61. The molecule has 0 spiro atoms. The summed E-state index contributed by atoms with van der Waals surface area (Å²) in [5.41, 5.74) is 6.83. The van der Waals surface area contributed by atoms with Gasteiger partial charge in [0.05, 0.1) is 11.0 Å². The molecule has 0 bridgehead atoms. The van der Waals surface area contributed by atoms with Crippen molar-refractivity contribution in [1.82, 2.24) is 0 Å². The number of nitrogens with two attached hydrogens (primary N) is 1. The number of rotatable bonds is 0. The van der Waals surface area contributed by atoms with Gasteiger partial charge in [0.2, 0.25) is 0 Å². The monoisotopic (exact) mass is 225 g/mol. The molecule has 0 heterocycles. The van der Waals surface area contributed by atoms with Gasteiger partial charge < -0.3 is 10.8 Å². The van der Waals surface area contributed by atoms with E-state index in [1.54, 1.807) is 12.1 Å². The van der Waals surface area contributed by atoms with Crippen LogP contribution in [0, 0.1) is 11.8 Å². The summed E-state index contributed by atoms with van der Waals surface area (Å²) in [5, 5.41) is 9.64. The lowest BCUT2D eigenvalue weighted by atomic mass is 10.2. The SMILES string of the molecule is Nc1cc(O)ccc1C#CCBr. The summed E-state index contributed by atoms with van der Waals surface area (Å²) in [4.78, 5) is 0. The van der Waals surface area contributed by atoms with Gasteiger partial charge in [-0.3, -0.25) is 0 Å². The Hall–Kier alpha value is -1.14. The van der Waals surface area contributed by atoms with Crippen molar-refractivity contribution in [3.8, 4) is 17.6 Å².